The number of ketones is 1. The molecule has 0 aliphatic rings. The van der Waals surface area contributed by atoms with Gasteiger partial charge in [0.2, 0.25) is 5.78 Å². The molecule has 2 aromatic heterocycles. The molecular weight excluding hydrogens is 572 g/mol. The fourth-order valence-corrected chi connectivity index (χ4v) is 3.87. The maximum absolute atomic E-state index is 12.9. The third kappa shape index (κ3) is 8.10. The van der Waals surface area contributed by atoms with Gasteiger partial charge < -0.3 is 9.64 Å². The molecule has 2 rings (SSSR count). The standard InChI is InChI=1S/C20H24Cl3F3N4O5S/c1-18(2,3)35-17(32)29(10-5-4-9-28-36(33,34)20(24,25)26)12-13-7-6-8-15-27-11-14(30(13)15)16(31)19(21,22)23/h6-8,11,28H,4-5,9-10,12H2,1-3H3. The molecule has 0 atom stereocenters. The Morgan fingerprint density at radius 3 is 2.33 bits per heavy atom. The molecular formula is C20H24Cl3F3N4O5S. The van der Waals surface area contributed by atoms with E-state index in [0.717, 1.165) is 0 Å². The Labute approximate surface area is 220 Å². The summed E-state index contributed by atoms with van der Waals surface area (Å²) in [6, 6.07) is 4.85. The molecule has 0 aromatic carbocycles. The second-order valence-electron chi connectivity index (χ2n) is 8.63. The zero-order chi connectivity index (χ0) is 27.5. The number of ether oxygens (including phenoxy) is 1. The Bertz CT molecular complexity index is 1210. The lowest BCUT2D eigenvalue weighted by atomic mass is 10.2. The Balaban J connectivity index is 2.25. The number of imidazole rings is 1. The van der Waals surface area contributed by atoms with Crippen LogP contribution in [-0.4, -0.2) is 62.6 Å². The van der Waals surface area contributed by atoms with Gasteiger partial charge in [0.15, 0.2) is 0 Å². The number of amides is 1. The second-order valence-corrected chi connectivity index (χ2v) is 12.7. The summed E-state index contributed by atoms with van der Waals surface area (Å²) in [7, 11) is -5.46. The molecule has 0 saturated heterocycles. The third-order valence-electron chi connectivity index (χ3n) is 4.56. The largest absolute Gasteiger partial charge is 0.511 e. The number of sulfonamides is 1. The van der Waals surface area contributed by atoms with Crippen molar-refractivity contribution < 1.29 is 35.9 Å². The molecule has 9 nitrogen and oxygen atoms in total. The summed E-state index contributed by atoms with van der Waals surface area (Å²) in [5, 5.41) is 0. The summed E-state index contributed by atoms with van der Waals surface area (Å²) in [5.41, 5.74) is -5.55. The van der Waals surface area contributed by atoms with E-state index in [-0.39, 0.29) is 31.6 Å². The lowest BCUT2D eigenvalue weighted by Gasteiger charge is -2.28. The first-order chi connectivity index (χ1) is 16.3. The Kier molecular flexibility index (Phi) is 9.55. The van der Waals surface area contributed by atoms with Crippen molar-refractivity contribution in [3.63, 3.8) is 0 Å². The quantitative estimate of drug-likeness (QED) is 0.252. The van der Waals surface area contributed by atoms with E-state index >= 15 is 0 Å². The summed E-state index contributed by atoms with van der Waals surface area (Å²) < 4.78 is 65.7. The Morgan fingerprint density at radius 2 is 1.78 bits per heavy atom. The molecule has 0 radical (unpaired) electrons. The number of aromatic nitrogens is 2. The smallest absolute Gasteiger partial charge is 0.444 e. The Morgan fingerprint density at radius 1 is 1.14 bits per heavy atom. The van der Waals surface area contributed by atoms with Crippen molar-refractivity contribution in [2.75, 3.05) is 13.1 Å². The molecule has 0 fully saturated rings. The first-order valence-electron chi connectivity index (χ1n) is 10.4. The number of fused-ring (bicyclic) bond motifs is 1. The summed E-state index contributed by atoms with van der Waals surface area (Å²) in [5.74, 6) is -0.840. The van der Waals surface area contributed by atoms with E-state index < -0.39 is 43.3 Å². The van der Waals surface area contributed by atoms with Crippen LogP contribution in [-0.2, 0) is 21.3 Å². The van der Waals surface area contributed by atoms with Gasteiger partial charge in [0.05, 0.1) is 12.7 Å². The van der Waals surface area contributed by atoms with E-state index in [9.17, 15) is 31.2 Å². The topological polar surface area (TPSA) is 110 Å². The minimum Gasteiger partial charge on any atom is -0.444 e. The van der Waals surface area contributed by atoms with Gasteiger partial charge >= 0.3 is 21.6 Å². The summed E-state index contributed by atoms with van der Waals surface area (Å²) >= 11 is 17.3. The lowest BCUT2D eigenvalue weighted by molar-refractivity contribution is -0.0447. The number of nitrogens with zero attached hydrogens (tertiary/aromatic N) is 3. The molecule has 0 saturated carbocycles. The fraction of sp³-hybridized carbons (Fsp3) is 0.550. The maximum Gasteiger partial charge on any atom is 0.511 e. The average molecular weight is 596 g/mol. The molecule has 1 N–H and O–H groups in total. The van der Waals surface area contributed by atoms with Gasteiger partial charge in [0.25, 0.3) is 3.79 Å². The van der Waals surface area contributed by atoms with Crippen molar-refractivity contribution in [3.05, 3.63) is 35.8 Å². The van der Waals surface area contributed by atoms with Crippen molar-refractivity contribution in [1.29, 1.82) is 0 Å². The lowest BCUT2D eigenvalue weighted by Crippen LogP contribution is -2.38. The first kappa shape index (κ1) is 30.4. The van der Waals surface area contributed by atoms with E-state index in [1.165, 1.54) is 20.2 Å². The monoisotopic (exact) mass is 594 g/mol. The normalized spacial score (nSPS) is 13.1. The highest BCUT2D eigenvalue weighted by Crippen LogP contribution is 2.31. The van der Waals surface area contributed by atoms with E-state index in [0.29, 0.717) is 11.3 Å². The van der Waals surface area contributed by atoms with Gasteiger partial charge in [0, 0.05) is 18.8 Å². The van der Waals surface area contributed by atoms with Gasteiger partial charge in [-0.2, -0.15) is 13.2 Å². The highest BCUT2D eigenvalue weighted by Gasteiger charge is 2.45. The highest BCUT2D eigenvalue weighted by atomic mass is 35.6. The van der Waals surface area contributed by atoms with Gasteiger partial charge in [-0.3, -0.25) is 9.20 Å². The van der Waals surface area contributed by atoms with Crippen LogP contribution in [0, 0.1) is 0 Å². The molecule has 36 heavy (non-hydrogen) atoms. The molecule has 2 heterocycles. The van der Waals surface area contributed by atoms with Crippen LogP contribution in [0.3, 0.4) is 0 Å². The van der Waals surface area contributed by atoms with E-state index in [1.807, 2.05) is 0 Å². The van der Waals surface area contributed by atoms with Gasteiger partial charge in [-0.05, 0) is 45.7 Å². The van der Waals surface area contributed by atoms with E-state index in [1.54, 1.807) is 39.0 Å². The van der Waals surface area contributed by atoms with Crippen LogP contribution in [0.4, 0.5) is 18.0 Å². The number of pyridine rings is 1. The zero-order valence-electron chi connectivity index (χ0n) is 19.4. The molecule has 0 unspecified atom stereocenters. The van der Waals surface area contributed by atoms with E-state index in [2.05, 4.69) is 4.98 Å². The van der Waals surface area contributed by atoms with Gasteiger partial charge in [-0.1, -0.05) is 40.9 Å². The number of hydrogen-bond acceptors (Lipinski definition) is 6. The van der Waals surface area contributed by atoms with Crippen molar-refractivity contribution in [2.24, 2.45) is 0 Å². The first-order valence-corrected chi connectivity index (χ1v) is 13.1. The number of hydrogen-bond donors (Lipinski definition) is 1. The molecule has 202 valence electrons. The number of unbranched alkanes of at least 4 members (excludes halogenated alkanes) is 1. The molecule has 0 aliphatic heterocycles. The van der Waals surface area contributed by atoms with Crippen LogP contribution < -0.4 is 4.72 Å². The second kappa shape index (κ2) is 11.3. The minimum absolute atomic E-state index is 0.000876. The van der Waals surface area contributed by atoms with Gasteiger partial charge in [-0.25, -0.2) is 22.9 Å². The summed E-state index contributed by atoms with van der Waals surface area (Å²) in [4.78, 5) is 30.9. The summed E-state index contributed by atoms with van der Waals surface area (Å²) in [6.45, 7) is 4.39. The highest BCUT2D eigenvalue weighted by molar-refractivity contribution is 7.90. The SMILES string of the molecule is CC(C)(C)OC(=O)N(CCCCNS(=O)(=O)C(F)(F)F)Cc1cccc2ncc(C(=O)C(Cl)(Cl)Cl)n12. The number of nitrogens with one attached hydrogen (secondary N) is 1. The number of carbonyl (C=O) groups excluding carboxylic acids is 2. The van der Waals surface area contributed by atoms with E-state index in [4.69, 9.17) is 39.5 Å². The number of rotatable bonds is 9. The van der Waals surface area contributed by atoms with Crippen molar-refractivity contribution in [1.82, 2.24) is 19.0 Å². The van der Waals surface area contributed by atoms with Crippen LogP contribution in [0.25, 0.3) is 5.65 Å². The zero-order valence-corrected chi connectivity index (χ0v) is 22.5. The molecule has 0 spiro atoms. The summed E-state index contributed by atoms with van der Waals surface area (Å²) in [6.07, 6.45) is 0.637. The number of carbonyl (C=O) groups is 2. The predicted molar refractivity (Wildman–Crippen MR) is 129 cm³/mol. The van der Waals surface area contributed by atoms with Crippen LogP contribution in [0.5, 0.6) is 0 Å². The molecule has 0 aliphatic carbocycles. The van der Waals surface area contributed by atoms with Crippen LogP contribution >= 0.6 is 34.8 Å². The Hall–Kier alpha value is -1.80. The third-order valence-corrected chi connectivity index (χ3v) is 6.26. The van der Waals surface area contributed by atoms with Crippen molar-refractivity contribution >= 4 is 62.3 Å². The molecule has 0 bridgehead atoms. The van der Waals surface area contributed by atoms with Gasteiger partial charge in [-0.15, -0.1) is 0 Å². The molecule has 1 amide bonds. The van der Waals surface area contributed by atoms with Crippen LogP contribution in [0.1, 0.15) is 49.8 Å². The molecule has 2 aromatic rings. The molecule has 16 heteroatoms. The van der Waals surface area contributed by atoms with Crippen molar-refractivity contribution in [2.45, 2.75) is 55.1 Å². The maximum atomic E-state index is 12.9. The predicted octanol–water partition coefficient (Wildman–Crippen LogP) is 4.84. The van der Waals surface area contributed by atoms with Gasteiger partial charge in [0.1, 0.15) is 16.9 Å². The number of halogens is 6. The van der Waals surface area contributed by atoms with Crippen LogP contribution in [0.2, 0.25) is 0 Å². The van der Waals surface area contributed by atoms with Crippen molar-refractivity contribution in [3.8, 4) is 0 Å². The number of Topliss-reactive ketones (excluding diaryl/α,β-unsaturated/α-hetero) is 1. The average Bonchev–Trinajstić information content (AvgIpc) is 3.14. The minimum atomic E-state index is -5.46. The fourth-order valence-electron chi connectivity index (χ4n) is 3.01. The van der Waals surface area contributed by atoms with Crippen LogP contribution in [0.15, 0.2) is 24.4 Å². The number of alkyl halides is 6.